The Balaban J connectivity index is 2.14. The van der Waals surface area contributed by atoms with E-state index in [1.54, 1.807) is 0 Å². The summed E-state index contributed by atoms with van der Waals surface area (Å²) in [5.41, 5.74) is 8.54. The fourth-order valence-electron chi connectivity index (χ4n) is 2.72. The van der Waals surface area contributed by atoms with E-state index in [4.69, 9.17) is 5.73 Å². The van der Waals surface area contributed by atoms with Gasteiger partial charge in [-0.05, 0) is 26.1 Å². The fourth-order valence-corrected chi connectivity index (χ4v) is 2.72. The Labute approximate surface area is 118 Å². The lowest BCUT2D eigenvalue weighted by atomic mass is 10.1. The van der Waals surface area contributed by atoms with Crippen molar-refractivity contribution >= 4 is 22.3 Å². The fraction of sp³-hybridized carbons (Fsp3) is 0.400. The van der Waals surface area contributed by atoms with Crippen molar-refractivity contribution in [3.63, 3.8) is 0 Å². The number of aromatic nitrogens is 1. The average Bonchev–Trinajstić information content (AvgIpc) is 2.41. The average molecular weight is 274 g/mol. The number of nitrogens with zero attached hydrogens (tertiary/aromatic N) is 3. The summed E-state index contributed by atoms with van der Waals surface area (Å²) in [4.78, 5) is 8.80. The van der Waals surface area contributed by atoms with Crippen LogP contribution in [0, 0.1) is 12.7 Å². The molecular weight excluding hydrogens is 255 g/mol. The normalized spacial score (nSPS) is 16.9. The third-order valence-corrected chi connectivity index (χ3v) is 3.89. The molecule has 2 heterocycles. The zero-order chi connectivity index (χ0) is 14.3. The van der Waals surface area contributed by atoms with E-state index in [9.17, 15) is 4.39 Å². The number of hydrogen-bond donors (Lipinski definition) is 1. The predicted molar refractivity (Wildman–Crippen MR) is 80.6 cm³/mol. The van der Waals surface area contributed by atoms with Crippen LogP contribution in [0.5, 0.6) is 0 Å². The van der Waals surface area contributed by atoms with E-state index in [0.717, 1.165) is 37.3 Å². The van der Waals surface area contributed by atoms with Gasteiger partial charge in [-0.1, -0.05) is 0 Å². The van der Waals surface area contributed by atoms with E-state index in [-0.39, 0.29) is 5.82 Å². The van der Waals surface area contributed by atoms with E-state index < -0.39 is 0 Å². The minimum atomic E-state index is -0.259. The van der Waals surface area contributed by atoms with Crippen LogP contribution in [-0.2, 0) is 0 Å². The molecule has 106 valence electrons. The van der Waals surface area contributed by atoms with Crippen LogP contribution in [-0.4, -0.2) is 43.1 Å². The Morgan fingerprint density at radius 3 is 2.60 bits per heavy atom. The number of aryl methyl sites for hydroxylation is 1. The maximum absolute atomic E-state index is 14.4. The van der Waals surface area contributed by atoms with Crippen molar-refractivity contribution < 1.29 is 4.39 Å². The maximum Gasteiger partial charge on any atom is 0.149 e. The molecule has 1 aliphatic rings. The Morgan fingerprint density at radius 1 is 1.20 bits per heavy atom. The summed E-state index contributed by atoms with van der Waals surface area (Å²) in [5, 5.41) is 0.803. The van der Waals surface area contributed by atoms with Crippen molar-refractivity contribution in [2.45, 2.75) is 6.92 Å². The summed E-state index contributed by atoms with van der Waals surface area (Å²) in [6.07, 6.45) is 0. The molecule has 5 heteroatoms. The molecular formula is C15H19FN4. The van der Waals surface area contributed by atoms with Gasteiger partial charge >= 0.3 is 0 Å². The highest BCUT2D eigenvalue weighted by molar-refractivity contribution is 5.99. The highest BCUT2D eigenvalue weighted by atomic mass is 19.1. The topological polar surface area (TPSA) is 45.4 Å². The highest BCUT2D eigenvalue weighted by Gasteiger charge is 2.21. The number of pyridine rings is 1. The number of benzene rings is 1. The van der Waals surface area contributed by atoms with Gasteiger partial charge in [0.05, 0.1) is 16.9 Å². The molecule has 0 amide bonds. The summed E-state index contributed by atoms with van der Waals surface area (Å²) in [6, 6.07) is 5.22. The molecule has 3 rings (SSSR count). The number of rotatable bonds is 1. The van der Waals surface area contributed by atoms with Crippen molar-refractivity contribution in [1.29, 1.82) is 0 Å². The van der Waals surface area contributed by atoms with E-state index in [2.05, 4.69) is 21.8 Å². The number of nitrogen functional groups attached to an aromatic ring is 1. The lowest BCUT2D eigenvalue weighted by molar-refractivity contribution is 0.312. The second-order valence-corrected chi connectivity index (χ2v) is 5.44. The summed E-state index contributed by atoms with van der Waals surface area (Å²) < 4.78 is 14.4. The molecule has 1 aliphatic heterocycles. The Kier molecular flexibility index (Phi) is 3.22. The molecule has 1 aromatic heterocycles. The van der Waals surface area contributed by atoms with Crippen LogP contribution in [0.4, 0.5) is 15.8 Å². The van der Waals surface area contributed by atoms with Crippen LogP contribution in [0.2, 0.25) is 0 Å². The quantitative estimate of drug-likeness (QED) is 0.808. The number of halogens is 1. The van der Waals surface area contributed by atoms with Gasteiger partial charge in [0.15, 0.2) is 0 Å². The van der Waals surface area contributed by atoms with Gasteiger partial charge in [0.25, 0.3) is 0 Å². The van der Waals surface area contributed by atoms with E-state index >= 15 is 0 Å². The predicted octanol–water partition coefficient (Wildman–Crippen LogP) is 2.02. The number of hydrogen-bond acceptors (Lipinski definition) is 4. The Bertz CT molecular complexity index is 648. The molecule has 2 aromatic rings. The van der Waals surface area contributed by atoms with Crippen LogP contribution in [0.1, 0.15) is 5.69 Å². The van der Waals surface area contributed by atoms with E-state index in [1.807, 2.05) is 19.1 Å². The van der Waals surface area contributed by atoms with Crippen LogP contribution < -0.4 is 10.6 Å². The number of nitrogens with two attached hydrogens (primary N) is 1. The van der Waals surface area contributed by atoms with Gasteiger partial charge in [0.2, 0.25) is 0 Å². The monoisotopic (exact) mass is 274 g/mol. The Morgan fingerprint density at radius 2 is 1.90 bits per heavy atom. The zero-order valence-electron chi connectivity index (χ0n) is 11.9. The Hall–Kier alpha value is -1.88. The first kappa shape index (κ1) is 13.1. The zero-order valence-corrected chi connectivity index (χ0v) is 11.9. The van der Waals surface area contributed by atoms with Crippen LogP contribution >= 0.6 is 0 Å². The van der Waals surface area contributed by atoms with Gasteiger partial charge in [0.1, 0.15) is 5.82 Å². The molecule has 0 spiro atoms. The summed E-state index contributed by atoms with van der Waals surface area (Å²) in [7, 11) is 2.08. The smallest absolute Gasteiger partial charge is 0.149 e. The molecule has 1 fully saturated rings. The molecule has 20 heavy (non-hydrogen) atoms. The van der Waals surface area contributed by atoms with E-state index in [1.165, 1.54) is 6.07 Å². The first-order valence-corrected chi connectivity index (χ1v) is 6.85. The third kappa shape index (κ3) is 2.18. The maximum atomic E-state index is 14.4. The molecule has 0 atom stereocenters. The molecule has 0 aliphatic carbocycles. The van der Waals surface area contributed by atoms with E-state index in [0.29, 0.717) is 16.9 Å². The van der Waals surface area contributed by atoms with Crippen molar-refractivity contribution in [3.8, 4) is 0 Å². The molecule has 2 N–H and O–H groups in total. The van der Waals surface area contributed by atoms with Crippen LogP contribution in [0.3, 0.4) is 0 Å². The van der Waals surface area contributed by atoms with Crippen molar-refractivity contribution in [2.75, 3.05) is 43.9 Å². The van der Waals surface area contributed by atoms with Gasteiger partial charge < -0.3 is 15.5 Å². The van der Waals surface area contributed by atoms with Crippen molar-refractivity contribution in [3.05, 3.63) is 29.7 Å². The summed E-state index contributed by atoms with van der Waals surface area (Å²) in [5.74, 6) is -0.259. The molecule has 0 bridgehead atoms. The molecule has 1 aromatic carbocycles. The van der Waals surface area contributed by atoms with Crippen LogP contribution in [0.25, 0.3) is 10.9 Å². The molecule has 0 saturated carbocycles. The summed E-state index contributed by atoms with van der Waals surface area (Å²) in [6.45, 7) is 5.42. The van der Waals surface area contributed by atoms with Gasteiger partial charge in [-0.15, -0.1) is 0 Å². The second-order valence-electron chi connectivity index (χ2n) is 5.44. The SMILES string of the molecule is Cc1ccc2c(N3CCN(C)CC3)c(F)cc(N)c2n1. The lowest BCUT2D eigenvalue weighted by Gasteiger charge is -2.34. The van der Waals surface area contributed by atoms with Gasteiger partial charge in [-0.25, -0.2) is 4.39 Å². The molecule has 4 nitrogen and oxygen atoms in total. The van der Waals surface area contributed by atoms with Gasteiger partial charge in [0, 0.05) is 43.3 Å². The van der Waals surface area contributed by atoms with Crippen molar-refractivity contribution in [2.24, 2.45) is 0 Å². The number of fused-ring (bicyclic) bond motifs is 1. The number of piperazine rings is 1. The largest absolute Gasteiger partial charge is 0.397 e. The highest BCUT2D eigenvalue weighted by Crippen LogP contribution is 2.33. The second kappa shape index (κ2) is 4.90. The molecule has 1 saturated heterocycles. The van der Waals surface area contributed by atoms with Crippen LogP contribution in [0.15, 0.2) is 18.2 Å². The molecule has 0 radical (unpaired) electrons. The van der Waals surface area contributed by atoms with Crippen molar-refractivity contribution in [1.82, 2.24) is 9.88 Å². The summed E-state index contributed by atoms with van der Waals surface area (Å²) >= 11 is 0. The number of anilines is 2. The number of likely N-dealkylation sites (N-methyl/N-ethyl adjacent to an activating group) is 1. The minimum Gasteiger partial charge on any atom is -0.397 e. The first-order valence-electron chi connectivity index (χ1n) is 6.85. The van der Waals surface area contributed by atoms with Gasteiger partial charge in [-0.3, -0.25) is 4.98 Å². The first-order chi connectivity index (χ1) is 9.56. The lowest BCUT2D eigenvalue weighted by Crippen LogP contribution is -2.44. The minimum absolute atomic E-state index is 0.259. The third-order valence-electron chi connectivity index (χ3n) is 3.89. The van der Waals surface area contributed by atoms with Gasteiger partial charge in [-0.2, -0.15) is 0 Å². The molecule has 0 unspecified atom stereocenters. The standard InChI is InChI=1S/C15H19FN4/c1-10-3-4-11-14(18-10)13(17)9-12(16)15(11)20-7-5-19(2)6-8-20/h3-4,9H,5-8,17H2,1-2H3.